The highest BCUT2D eigenvalue weighted by atomic mass is 32.2. The van der Waals surface area contributed by atoms with Gasteiger partial charge in [-0.15, -0.1) is 6.42 Å². The van der Waals surface area contributed by atoms with E-state index in [1.807, 2.05) is 11.9 Å². The molecule has 3 aromatic rings. The summed E-state index contributed by atoms with van der Waals surface area (Å²) in [6.07, 6.45) is 6.20. The summed E-state index contributed by atoms with van der Waals surface area (Å²) < 4.78 is 44.4. The van der Waals surface area contributed by atoms with Gasteiger partial charge < -0.3 is 25.2 Å². The minimum absolute atomic E-state index is 0.00958. The summed E-state index contributed by atoms with van der Waals surface area (Å²) >= 11 is 0. The molecular formula is C24H26FN7O3S. The Kier molecular flexibility index (Phi) is 7.54. The molecule has 188 valence electrons. The predicted octanol–water partition coefficient (Wildman–Crippen LogP) is 2.51. The van der Waals surface area contributed by atoms with Crippen LogP contribution in [0.5, 0.6) is 5.75 Å². The maximum atomic E-state index is 14.4. The van der Waals surface area contributed by atoms with Crippen molar-refractivity contribution in [2.45, 2.75) is 4.90 Å². The second-order valence-electron chi connectivity index (χ2n) is 8.18. The lowest BCUT2D eigenvalue weighted by Gasteiger charge is -2.35. The third-order valence-corrected chi connectivity index (χ3v) is 6.49. The lowest BCUT2D eigenvalue weighted by molar-refractivity contribution is 0.312. The Bertz CT molecular complexity index is 1370. The number of nitrogens with one attached hydrogen (secondary N) is 2. The van der Waals surface area contributed by atoms with Crippen LogP contribution in [-0.2, 0) is 10.0 Å². The number of ether oxygens (including phenoxy) is 1. The van der Waals surface area contributed by atoms with Crippen LogP contribution < -0.4 is 25.4 Å². The number of piperazine rings is 1. The van der Waals surface area contributed by atoms with Crippen molar-refractivity contribution in [3.63, 3.8) is 0 Å². The summed E-state index contributed by atoms with van der Waals surface area (Å²) in [5, 5.41) is 11.3. The van der Waals surface area contributed by atoms with Crippen molar-refractivity contribution in [1.29, 1.82) is 0 Å². The molecule has 0 radical (unpaired) electrons. The number of aromatic nitrogens is 2. The van der Waals surface area contributed by atoms with E-state index in [1.54, 1.807) is 36.4 Å². The highest BCUT2D eigenvalue weighted by Crippen LogP contribution is 2.30. The average molecular weight is 512 g/mol. The van der Waals surface area contributed by atoms with E-state index in [1.165, 1.54) is 6.07 Å². The first-order valence-corrected chi connectivity index (χ1v) is 12.6. The van der Waals surface area contributed by atoms with Gasteiger partial charge in [0.15, 0.2) is 11.6 Å². The lowest BCUT2D eigenvalue weighted by Crippen LogP contribution is -2.45. The van der Waals surface area contributed by atoms with Crippen molar-refractivity contribution in [2.75, 3.05) is 55.4 Å². The van der Waals surface area contributed by atoms with Gasteiger partial charge in [0.05, 0.1) is 11.9 Å². The minimum Gasteiger partial charge on any atom is -0.481 e. The third-order valence-electron chi connectivity index (χ3n) is 5.55. The third kappa shape index (κ3) is 6.19. The molecule has 4 N–H and O–H groups in total. The van der Waals surface area contributed by atoms with Gasteiger partial charge in [0.1, 0.15) is 17.3 Å². The number of likely N-dealkylation sites (N-methyl/N-ethyl adjacent to an activating group) is 1. The molecule has 1 aromatic heterocycles. The topological polar surface area (TPSA) is 126 Å². The fourth-order valence-electron chi connectivity index (χ4n) is 3.67. The molecule has 0 bridgehead atoms. The van der Waals surface area contributed by atoms with E-state index in [0.717, 1.165) is 19.3 Å². The van der Waals surface area contributed by atoms with Crippen molar-refractivity contribution in [3.8, 4) is 18.1 Å². The van der Waals surface area contributed by atoms with E-state index in [4.69, 9.17) is 16.3 Å². The quantitative estimate of drug-likeness (QED) is 0.391. The second kappa shape index (κ2) is 10.8. The van der Waals surface area contributed by atoms with Crippen LogP contribution in [0.4, 0.5) is 33.2 Å². The number of nitrogens with two attached hydrogens (primary N) is 1. The van der Waals surface area contributed by atoms with Gasteiger partial charge in [-0.3, -0.25) is 0 Å². The van der Waals surface area contributed by atoms with Crippen molar-refractivity contribution in [2.24, 2.45) is 5.14 Å². The van der Waals surface area contributed by atoms with Gasteiger partial charge in [-0.2, -0.15) is 4.98 Å². The number of primary sulfonamides is 1. The molecule has 12 heteroatoms. The van der Waals surface area contributed by atoms with Crippen LogP contribution in [0.1, 0.15) is 0 Å². The standard InChI is InChI=1S/C24H26FN7O3S/c1-3-14-35-19-7-4-17(5-8-19)28-23-20(25)16-27-24(30-23)29-18-6-9-21(22(15-18)36(26,33)34)32-12-10-31(2)11-13-32/h1,4-9,15-16H,10-14H2,2H3,(H2,26,33,34)(H2,27,28,29,30). The highest BCUT2D eigenvalue weighted by molar-refractivity contribution is 7.89. The molecule has 2 aromatic carbocycles. The molecule has 0 saturated carbocycles. The van der Waals surface area contributed by atoms with Gasteiger partial charge in [0.2, 0.25) is 16.0 Å². The van der Waals surface area contributed by atoms with Gasteiger partial charge >= 0.3 is 0 Å². The molecule has 0 atom stereocenters. The molecular weight excluding hydrogens is 485 g/mol. The Morgan fingerprint density at radius 1 is 1.11 bits per heavy atom. The van der Waals surface area contributed by atoms with Crippen molar-refractivity contribution >= 4 is 38.9 Å². The van der Waals surface area contributed by atoms with E-state index >= 15 is 0 Å². The maximum absolute atomic E-state index is 14.4. The Balaban J connectivity index is 1.54. The number of nitrogens with zero attached hydrogens (tertiary/aromatic N) is 4. The number of hydrogen-bond acceptors (Lipinski definition) is 9. The Hall–Kier alpha value is -3.92. The van der Waals surface area contributed by atoms with Crippen LogP contribution in [0.2, 0.25) is 0 Å². The molecule has 1 saturated heterocycles. The number of terminal acetylenes is 1. The van der Waals surface area contributed by atoms with Crippen LogP contribution in [0.3, 0.4) is 0 Å². The zero-order valence-electron chi connectivity index (χ0n) is 19.6. The number of sulfonamides is 1. The van der Waals surface area contributed by atoms with Crippen LogP contribution in [0.15, 0.2) is 53.6 Å². The number of halogens is 1. The lowest BCUT2D eigenvalue weighted by atomic mass is 10.2. The summed E-state index contributed by atoms with van der Waals surface area (Å²) in [6, 6.07) is 11.6. The fourth-order valence-corrected chi connectivity index (χ4v) is 4.45. The van der Waals surface area contributed by atoms with E-state index in [2.05, 4.69) is 31.4 Å². The van der Waals surface area contributed by atoms with Crippen LogP contribution >= 0.6 is 0 Å². The molecule has 36 heavy (non-hydrogen) atoms. The van der Waals surface area contributed by atoms with Gasteiger partial charge in [-0.25, -0.2) is 22.9 Å². The largest absolute Gasteiger partial charge is 0.481 e. The van der Waals surface area contributed by atoms with E-state index in [9.17, 15) is 12.8 Å². The van der Waals surface area contributed by atoms with Gasteiger partial charge in [0, 0.05) is 37.6 Å². The summed E-state index contributed by atoms with van der Waals surface area (Å²) in [5.41, 5.74) is 1.50. The summed E-state index contributed by atoms with van der Waals surface area (Å²) in [5.74, 6) is 2.30. The molecule has 2 heterocycles. The number of anilines is 5. The first-order chi connectivity index (χ1) is 17.2. The molecule has 1 aliphatic heterocycles. The number of hydrogen-bond donors (Lipinski definition) is 3. The van der Waals surface area contributed by atoms with E-state index in [0.29, 0.717) is 35.9 Å². The number of rotatable bonds is 8. The first-order valence-electron chi connectivity index (χ1n) is 11.1. The molecule has 0 spiro atoms. The summed E-state index contributed by atoms with van der Waals surface area (Å²) in [7, 11) is -1.99. The molecule has 0 aliphatic carbocycles. The van der Waals surface area contributed by atoms with Gasteiger partial charge in [-0.05, 0) is 49.5 Å². The van der Waals surface area contributed by atoms with E-state index in [-0.39, 0.29) is 23.3 Å². The Morgan fingerprint density at radius 2 is 1.81 bits per heavy atom. The molecule has 10 nitrogen and oxygen atoms in total. The monoisotopic (exact) mass is 511 g/mol. The van der Waals surface area contributed by atoms with E-state index < -0.39 is 15.8 Å². The predicted molar refractivity (Wildman–Crippen MR) is 137 cm³/mol. The van der Waals surface area contributed by atoms with Crippen molar-refractivity contribution in [3.05, 3.63) is 54.5 Å². The zero-order valence-corrected chi connectivity index (χ0v) is 20.4. The molecule has 4 rings (SSSR count). The zero-order chi connectivity index (χ0) is 25.7. The molecule has 1 aliphatic rings. The van der Waals surface area contributed by atoms with Gasteiger partial charge in [0.25, 0.3) is 0 Å². The Labute approximate surface area is 209 Å². The number of benzene rings is 2. The van der Waals surface area contributed by atoms with Crippen LogP contribution in [0, 0.1) is 18.2 Å². The second-order valence-corrected chi connectivity index (χ2v) is 9.71. The summed E-state index contributed by atoms with van der Waals surface area (Å²) in [4.78, 5) is 12.3. The fraction of sp³-hybridized carbons (Fsp3) is 0.250. The molecule has 1 fully saturated rings. The van der Waals surface area contributed by atoms with Crippen LogP contribution in [-0.4, -0.2) is 63.1 Å². The normalized spacial score (nSPS) is 14.2. The maximum Gasteiger partial charge on any atom is 0.240 e. The minimum atomic E-state index is -4.01. The Morgan fingerprint density at radius 3 is 2.47 bits per heavy atom. The summed E-state index contributed by atoms with van der Waals surface area (Å²) in [6.45, 7) is 3.12. The van der Waals surface area contributed by atoms with Crippen molar-refractivity contribution < 1.29 is 17.5 Å². The van der Waals surface area contributed by atoms with Crippen molar-refractivity contribution in [1.82, 2.24) is 14.9 Å². The first kappa shape index (κ1) is 25.2. The highest BCUT2D eigenvalue weighted by Gasteiger charge is 2.22. The van der Waals surface area contributed by atoms with Gasteiger partial charge in [-0.1, -0.05) is 5.92 Å². The smallest absolute Gasteiger partial charge is 0.240 e. The van der Waals surface area contributed by atoms with Crippen LogP contribution in [0.25, 0.3) is 0 Å². The SMILES string of the molecule is C#CCOc1ccc(Nc2nc(Nc3ccc(N4CCN(C)CC4)c(S(N)(=O)=O)c3)ncc2F)cc1. The average Bonchev–Trinajstić information content (AvgIpc) is 2.86. The molecule has 0 unspecified atom stereocenters. The molecule has 0 amide bonds.